The van der Waals surface area contributed by atoms with Crippen LogP contribution in [0, 0.1) is 0 Å². The molecule has 0 atom stereocenters. The van der Waals surface area contributed by atoms with Crippen molar-refractivity contribution in [3.05, 3.63) is 66.2 Å². The number of hydrogen-bond donors (Lipinski definition) is 0. The first-order valence-electron chi connectivity index (χ1n) is 9.33. The molecule has 0 saturated heterocycles. The van der Waals surface area contributed by atoms with Crippen LogP contribution in [0.3, 0.4) is 0 Å². The van der Waals surface area contributed by atoms with E-state index >= 15 is 0 Å². The van der Waals surface area contributed by atoms with E-state index < -0.39 is 0 Å². The van der Waals surface area contributed by atoms with Crippen LogP contribution in [-0.2, 0) is 16.1 Å². The highest BCUT2D eigenvalue weighted by atomic mass is 16.2. The van der Waals surface area contributed by atoms with Crippen molar-refractivity contribution in [3.63, 3.8) is 0 Å². The molecule has 2 aromatic rings. The second-order valence-electron chi connectivity index (χ2n) is 6.80. The smallest absolute Gasteiger partial charge is 0.241 e. The molecule has 27 heavy (non-hydrogen) atoms. The minimum absolute atomic E-state index is 0.00516. The second kappa shape index (κ2) is 10.5. The number of para-hydroxylation sites is 1. The van der Waals surface area contributed by atoms with Gasteiger partial charge in [-0.05, 0) is 30.7 Å². The minimum Gasteiger partial charge on any atom is -0.348 e. The molecule has 0 fully saturated rings. The van der Waals surface area contributed by atoms with Crippen molar-refractivity contribution >= 4 is 17.5 Å². The lowest BCUT2D eigenvalue weighted by Gasteiger charge is -2.28. The zero-order chi connectivity index (χ0) is 19.6. The van der Waals surface area contributed by atoms with Gasteiger partial charge in [0.15, 0.2) is 0 Å². The van der Waals surface area contributed by atoms with Gasteiger partial charge in [-0.15, -0.1) is 0 Å². The fraction of sp³-hybridized carbons (Fsp3) is 0.364. The maximum atomic E-state index is 13.1. The van der Waals surface area contributed by atoms with Crippen LogP contribution in [0.5, 0.6) is 0 Å². The number of benzene rings is 2. The Labute approximate surface area is 162 Å². The van der Waals surface area contributed by atoms with Gasteiger partial charge in [0.25, 0.3) is 0 Å². The average molecular weight is 367 g/mol. The molecule has 0 unspecified atom stereocenters. The molecule has 0 aliphatic heterocycles. The third-order valence-electron chi connectivity index (χ3n) is 4.31. The predicted octanol–water partition coefficient (Wildman–Crippen LogP) is 3.02. The lowest BCUT2D eigenvalue weighted by Crippen LogP contribution is -2.44. The van der Waals surface area contributed by atoms with Gasteiger partial charge in [0.1, 0.15) is 0 Å². The Balaban J connectivity index is 2.17. The van der Waals surface area contributed by atoms with Crippen molar-refractivity contribution < 1.29 is 9.59 Å². The number of nitrogens with zero attached hydrogens (tertiary/aromatic N) is 3. The third kappa shape index (κ3) is 6.53. The summed E-state index contributed by atoms with van der Waals surface area (Å²) in [7, 11) is 3.47. The molecule has 0 bridgehead atoms. The van der Waals surface area contributed by atoms with E-state index in [1.54, 1.807) is 23.9 Å². The first-order chi connectivity index (χ1) is 13.0. The van der Waals surface area contributed by atoms with Gasteiger partial charge in [-0.2, -0.15) is 0 Å². The molecule has 5 nitrogen and oxygen atoms in total. The number of likely N-dealkylation sites (N-methyl/N-ethyl adjacent to an activating group) is 1. The topological polar surface area (TPSA) is 43.9 Å². The highest BCUT2D eigenvalue weighted by Crippen LogP contribution is 2.17. The molecular formula is C22H29N3O2. The standard InChI is InChI=1S/C22H29N3O2/c1-4-15-24(17-21(26)23(2)3)18-22(27)25(20-13-9-6-10-14-20)16-19-11-7-5-8-12-19/h5-14H,4,15-18H2,1-3H3. The number of carbonyl (C=O) groups excluding carboxylic acids is 2. The van der Waals surface area contributed by atoms with Gasteiger partial charge in [-0.3, -0.25) is 14.5 Å². The fourth-order valence-corrected chi connectivity index (χ4v) is 2.84. The van der Waals surface area contributed by atoms with Crippen molar-refractivity contribution in [3.8, 4) is 0 Å². The predicted molar refractivity (Wildman–Crippen MR) is 109 cm³/mol. The molecule has 0 spiro atoms. The molecule has 0 aliphatic rings. The summed E-state index contributed by atoms with van der Waals surface area (Å²) in [6, 6.07) is 19.6. The Morgan fingerprint density at radius 1 is 0.815 bits per heavy atom. The summed E-state index contributed by atoms with van der Waals surface area (Å²) in [5, 5.41) is 0. The first kappa shape index (κ1) is 20.6. The van der Waals surface area contributed by atoms with E-state index in [0.29, 0.717) is 13.1 Å². The van der Waals surface area contributed by atoms with Gasteiger partial charge in [-0.1, -0.05) is 55.5 Å². The average Bonchev–Trinajstić information content (AvgIpc) is 2.67. The number of rotatable bonds is 9. The van der Waals surface area contributed by atoms with E-state index in [4.69, 9.17) is 0 Å². The van der Waals surface area contributed by atoms with Gasteiger partial charge in [0.05, 0.1) is 19.6 Å². The maximum Gasteiger partial charge on any atom is 0.241 e. The molecule has 0 aromatic heterocycles. The number of hydrogen-bond acceptors (Lipinski definition) is 3. The molecule has 0 saturated carbocycles. The van der Waals surface area contributed by atoms with Crippen molar-refractivity contribution in [1.82, 2.24) is 9.80 Å². The Morgan fingerprint density at radius 3 is 1.93 bits per heavy atom. The highest BCUT2D eigenvalue weighted by Gasteiger charge is 2.21. The first-order valence-corrected chi connectivity index (χ1v) is 9.33. The lowest BCUT2D eigenvalue weighted by atomic mass is 10.2. The van der Waals surface area contributed by atoms with E-state index in [1.165, 1.54) is 0 Å². The Hall–Kier alpha value is -2.66. The summed E-state index contributed by atoms with van der Waals surface area (Å²) in [5.74, 6) is -0.00405. The molecule has 5 heteroatoms. The van der Waals surface area contributed by atoms with Crippen molar-refractivity contribution in [2.24, 2.45) is 0 Å². The van der Waals surface area contributed by atoms with E-state index in [0.717, 1.165) is 17.7 Å². The summed E-state index contributed by atoms with van der Waals surface area (Å²) < 4.78 is 0. The summed E-state index contributed by atoms with van der Waals surface area (Å²) in [5.41, 5.74) is 1.93. The molecule has 0 N–H and O–H groups in total. The van der Waals surface area contributed by atoms with Gasteiger partial charge < -0.3 is 9.80 Å². The molecule has 0 aliphatic carbocycles. The van der Waals surface area contributed by atoms with Crippen LogP contribution in [0.15, 0.2) is 60.7 Å². The SMILES string of the molecule is CCCN(CC(=O)N(C)C)CC(=O)N(Cc1ccccc1)c1ccccc1. The van der Waals surface area contributed by atoms with Gasteiger partial charge in [0.2, 0.25) is 11.8 Å². The van der Waals surface area contributed by atoms with E-state index in [-0.39, 0.29) is 24.9 Å². The van der Waals surface area contributed by atoms with Gasteiger partial charge >= 0.3 is 0 Å². The van der Waals surface area contributed by atoms with E-state index in [1.807, 2.05) is 65.6 Å². The summed E-state index contributed by atoms with van der Waals surface area (Å²) in [4.78, 5) is 30.5. The van der Waals surface area contributed by atoms with Crippen LogP contribution in [-0.4, -0.2) is 55.3 Å². The summed E-state index contributed by atoms with van der Waals surface area (Å²) in [6.45, 7) is 3.73. The quantitative estimate of drug-likeness (QED) is 0.684. The van der Waals surface area contributed by atoms with Crippen LogP contribution in [0.2, 0.25) is 0 Å². The lowest BCUT2D eigenvalue weighted by molar-refractivity contribution is -0.130. The van der Waals surface area contributed by atoms with Gasteiger partial charge in [-0.25, -0.2) is 0 Å². The van der Waals surface area contributed by atoms with E-state index in [9.17, 15) is 9.59 Å². The highest BCUT2D eigenvalue weighted by molar-refractivity contribution is 5.95. The molecule has 2 aromatic carbocycles. The zero-order valence-electron chi connectivity index (χ0n) is 16.5. The largest absolute Gasteiger partial charge is 0.348 e. The van der Waals surface area contributed by atoms with Crippen molar-refractivity contribution in [2.45, 2.75) is 19.9 Å². The van der Waals surface area contributed by atoms with Crippen LogP contribution in [0.1, 0.15) is 18.9 Å². The monoisotopic (exact) mass is 367 g/mol. The molecular weight excluding hydrogens is 338 g/mol. The van der Waals surface area contributed by atoms with Crippen molar-refractivity contribution in [1.29, 1.82) is 0 Å². The number of anilines is 1. The Kier molecular flexibility index (Phi) is 8.01. The normalized spacial score (nSPS) is 10.7. The fourth-order valence-electron chi connectivity index (χ4n) is 2.84. The van der Waals surface area contributed by atoms with E-state index in [2.05, 4.69) is 6.92 Å². The summed E-state index contributed by atoms with van der Waals surface area (Å²) in [6.07, 6.45) is 0.887. The number of amides is 2. The number of carbonyl (C=O) groups is 2. The van der Waals surface area contributed by atoms with Crippen LogP contribution < -0.4 is 4.90 Å². The van der Waals surface area contributed by atoms with Crippen LogP contribution >= 0.6 is 0 Å². The van der Waals surface area contributed by atoms with Crippen molar-refractivity contribution in [2.75, 3.05) is 38.6 Å². The Bertz CT molecular complexity index is 717. The summed E-state index contributed by atoms with van der Waals surface area (Å²) >= 11 is 0. The molecule has 2 rings (SSSR count). The third-order valence-corrected chi connectivity index (χ3v) is 4.31. The second-order valence-corrected chi connectivity index (χ2v) is 6.80. The van der Waals surface area contributed by atoms with Crippen LogP contribution in [0.25, 0.3) is 0 Å². The molecule has 0 heterocycles. The molecule has 0 radical (unpaired) electrons. The zero-order valence-corrected chi connectivity index (χ0v) is 16.5. The van der Waals surface area contributed by atoms with Crippen LogP contribution in [0.4, 0.5) is 5.69 Å². The molecule has 144 valence electrons. The molecule has 2 amide bonds. The Morgan fingerprint density at radius 2 is 1.37 bits per heavy atom. The van der Waals surface area contributed by atoms with Gasteiger partial charge in [0, 0.05) is 19.8 Å². The minimum atomic E-state index is -0.00920. The maximum absolute atomic E-state index is 13.1.